The first-order valence-corrected chi connectivity index (χ1v) is 5.89. The van der Waals surface area contributed by atoms with Gasteiger partial charge in [0.1, 0.15) is 0 Å². The molecule has 1 aliphatic rings. The fourth-order valence-corrected chi connectivity index (χ4v) is 1.95. The van der Waals surface area contributed by atoms with Gasteiger partial charge in [0.25, 0.3) is 5.91 Å². The highest BCUT2D eigenvalue weighted by Gasteiger charge is 2.33. The van der Waals surface area contributed by atoms with Crippen LogP contribution in [0, 0.1) is 0 Å². The third-order valence-corrected chi connectivity index (χ3v) is 2.98. The van der Waals surface area contributed by atoms with Gasteiger partial charge in [-0.2, -0.15) is 0 Å². The van der Waals surface area contributed by atoms with Crippen molar-refractivity contribution in [3.63, 3.8) is 0 Å². The molecule has 1 amide bonds. The molecule has 96 valence electrons. The Morgan fingerprint density at radius 1 is 1.22 bits per heavy atom. The van der Waals surface area contributed by atoms with Crippen LogP contribution in [0.4, 0.5) is 0 Å². The minimum Gasteiger partial charge on any atom is -0.478 e. The second-order valence-corrected chi connectivity index (χ2v) is 4.30. The lowest BCUT2D eigenvalue weighted by Crippen LogP contribution is -2.36. The summed E-state index contributed by atoms with van der Waals surface area (Å²) in [7, 11) is 0. The van der Waals surface area contributed by atoms with E-state index in [4.69, 9.17) is 10.2 Å². The number of carboxylic acids is 1. The summed E-state index contributed by atoms with van der Waals surface area (Å²) >= 11 is 0. The van der Waals surface area contributed by atoms with Gasteiger partial charge < -0.3 is 15.1 Å². The number of hydrogen-bond donors (Lipinski definition) is 2. The molecular formula is C13H15NO4. The van der Waals surface area contributed by atoms with E-state index in [2.05, 4.69) is 0 Å². The van der Waals surface area contributed by atoms with Gasteiger partial charge in [0.2, 0.25) is 0 Å². The van der Waals surface area contributed by atoms with E-state index in [9.17, 15) is 9.59 Å². The summed E-state index contributed by atoms with van der Waals surface area (Å²) in [5.74, 6) is -1.43. The lowest BCUT2D eigenvalue weighted by Gasteiger charge is -2.22. The molecule has 0 aliphatic heterocycles. The molecule has 2 N–H and O–H groups in total. The molecule has 18 heavy (non-hydrogen) atoms. The van der Waals surface area contributed by atoms with Gasteiger partial charge in [-0.25, -0.2) is 4.79 Å². The fraction of sp³-hybridized carbons (Fsp3) is 0.385. The van der Waals surface area contributed by atoms with Crippen molar-refractivity contribution in [1.82, 2.24) is 4.90 Å². The molecule has 1 aromatic rings. The van der Waals surface area contributed by atoms with Gasteiger partial charge in [-0.05, 0) is 25.0 Å². The van der Waals surface area contributed by atoms with E-state index in [0.717, 1.165) is 12.8 Å². The van der Waals surface area contributed by atoms with Crippen LogP contribution in [0.25, 0.3) is 0 Å². The molecule has 0 atom stereocenters. The molecule has 0 unspecified atom stereocenters. The molecule has 0 heterocycles. The number of aliphatic hydroxyl groups is 1. The van der Waals surface area contributed by atoms with Crippen molar-refractivity contribution in [1.29, 1.82) is 0 Å². The van der Waals surface area contributed by atoms with E-state index in [1.165, 1.54) is 12.1 Å². The molecule has 5 heteroatoms. The minimum atomic E-state index is -1.11. The Bertz CT molecular complexity index is 468. The number of aliphatic hydroxyl groups excluding tert-OH is 1. The summed E-state index contributed by atoms with van der Waals surface area (Å²) in [4.78, 5) is 24.9. The van der Waals surface area contributed by atoms with Gasteiger partial charge >= 0.3 is 5.97 Å². The Morgan fingerprint density at radius 2 is 1.83 bits per heavy atom. The van der Waals surface area contributed by atoms with Crippen LogP contribution in [-0.2, 0) is 0 Å². The van der Waals surface area contributed by atoms with Crippen LogP contribution < -0.4 is 0 Å². The summed E-state index contributed by atoms with van der Waals surface area (Å²) in [6.45, 7) is 0.134. The van der Waals surface area contributed by atoms with Crippen LogP contribution in [-0.4, -0.2) is 46.2 Å². The van der Waals surface area contributed by atoms with Crippen molar-refractivity contribution in [3.05, 3.63) is 35.4 Å². The van der Waals surface area contributed by atoms with E-state index in [-0.39, 0.29) is 36.2 Å². The van der Waals surface area contributed by atoms with Crippen LogP contribution in [0.3, 0.4) is 0 Å². The smallest absolute Gasteiger partial charge is 0.336 e. The van der Waals surface area contributed by atoms with Gasteiger partial charge in [-0.3, -0.25) is 4.79 Å². The molecular weight excluding hydrogens is 234 g/mol. The lowest BCUT2D eigenvalue weighted by atomic mass is 10.1. The van der Waals surface area contributed by atoms with E-state index in [1.54, 1.807) is 17.0 Å². The van der Waals surface area contributed by atoms with Crippen molar-refractivity contribution in [2.75, 3.05) is 13.2 Å². The monoisotopic (exact) mass is 249 g/mol. The number of benzene rings is 1. The highest BCUT2D eigenvalue weighted by molar-refractivity contribution is 6.04. The van der Waals surface area contributed by atoms with Crippen LogP contribution in [0.15, 0.2) is 24.3 Å². The third kappa shape index (κ3) is 2.51. The van der Waals surface area contributed by atoms with Crippen molar-refractivity contribution in [2.24, 2.45) is 0 Å². The number of hydrogen-bond acceptors (Lipinski definition) is 3. The maximum atomic E-state index is 12.3. The quantitative estimate of drug-likeness (QED) is 0.815. The maximum Gasteiger partial charge on any atom is 0.336 e. The number of carboxylic acid groups (broad SMARTS) is 1. The fourth-order valence-electron chi connectivity index (χ4n) is 1.95. The summed E-state index contributed by atoms with van der Waals surface area (Å²) in [6.07, 6.45) is 1.84. The number of nitrogens with zero attached hydrogens (tertiary/aromatic N) is 1. The first kappa shape index (κ1) is 12.6. The molecule has 0 spiro atoms. The summed E-state index contributed by atoms with van der Waals surface area (Å²) in [5, 5.41) is 18.0. The second-order valence-electron chi connectivity index (χ2n) is 4.30. The van der Waals surface area contributed by atoms with E-state index in [0.29, 0.717) is 0 Å². The maximum absolute atomic E-state index is 12.3. The summed E-state index contributed by atoms with van der Waals surface area (Å²) in [6, 6.07) is 6.31. The topological polar surface area (TPSA) is 77.8 Å². The highest BCUT2D eigenvalue weighted by Crippen LogP contribution is 2.28. The number of carbonyl (C=O) groups is 2. The largest absolute Gasteiger partial charge is 0.478 e. The van der Waals surface area contributed by atoms with Crippen LogP contribution in [0.2, 0.25) is 0 Å². The number of carbonyl (C=O) groups excluding carboxylic acids is 1. The second kappa shape index (κ2) is 5.18. The van der Waals surface area contributed by atoms with Crippen molar-refractivity contribution in [2.45, 2.75) is 18.9 Å². The van der Waals surface area contributed by atoms with Gasteiger partial charge in [0, 0.05) is 12.6 Å². The predicted octanol–water partition coefficient (Wildman–Crippen LogP) is 0.982. The van der Waals surface area contributed by atoms with Gasteiger partial charge in [0.15, 0.2) is 0 Å². The zero-order valence-electron chi connectivity index (χ0n) is 9.87. The standard InChI is InChI=1S/C13H15NO4/c15-8-7-14(9-5-6-9)12(16)10-3-1-2-4-11(10)13(17)18/h1-4,9,15H,5-8H2,(H,17,18). The molecule has 1 saturated carbocycles. The van der Waals surface area contributed by atoms with E-state index >= 15 is 0 Å². The summed E-state index contributed by atoms with van der Waals surface area (Å²) in [5.41, 5.74) is 0.191. The normalized spacial score (nSPS) is 14.3. The van der Waals surface area contributed by atoms with Crippen molar-refractivity contribution < 1.29 is 19.8 Å². The van der Waals surface area contributed by atoms with Crippen LogP contribution in [0.1, 0.15) is 33.6 Å². The third-order valence-electron chi connectivity index (χ3n) is 2.98. The Kier molecular flexibility index (Phi) is 3.62. The molecule has 0 bridgehead atoms. The Hall–Kier alpha value is -1.88. The molecule has 1 aliphatic carbocycles. The molecule has 5 nitrogen and oxygen atoms in total. The first-order valence-electron chi connectivity index (χ1n) is 5.89. The Balaban J connectivity index is 2.29. The zero-order chi connectivity index (χ0) is 13.1. The van der Waals surface area contributed by atoms with Crippen LogP contribution in [0.5, 0.6) is 0 Å². The zero-order valence-corrected chi connectivity index (χ0v) is 9.87. The molecule has 2 rings (SSSR count). The number of amides is 1. The van der Waals surface area contributed by atoms with Crippen molar-refractivity contribution >= 4 is 11.9 Å². The lowest BCUT2D eigenvalue weighted by molar-refractivity contribution is 0.0660. The average molecular weight is 249 g/mol. The molecule has 0 saturated heterocycles. The minimum absolute atomic E-state index is 0.00564. The molecule has 1 aromatic carbocycles. The first-order chi connectivity index (χ1) is 8.65. The highest BCUT2D eigenvalue weighted by atomic mass is 16.4. The predicted molar refractivity (Wildman–Crippen MR) is 64.5 cm³/mol. The molecule has 0 aromatic heterocycles. The molecule has 0 radical (unpaired) electrons. The van der Waals surface area contributed by atoms with Crippen LogP contribution >= 0.6 is 0 Å². The Labute approximate surface area is 105 Å². The average Bonchev–Trinajstić information content (AvgIpc) is 3.19. The van der Waals surface area contributed by atoms with Crippen molar-refractivity contribution in [3.8, 4) is 0 Å². The Morgan fingerprint density at radius 3 is 2.33 bits per heavy atom. The van der Waals surface area contributed by atoms with Gasteiger partial charge in [0.05, 0.1) is 17.7 Å². The van der Waals surface area contributed by atoms with Gasteiger partial charge in [-0.15, -0.1) is 0 Å². The van der Waals surface area contributed by atoms with E-state index < -0.39 is 5.97 Å². The SMILES string of the molecule is O=C(O)c1ccccc1C(=O)N(CCO)C1CC1. The number of rotatable bonds is 5. The summed E-state index contributed by atoms with van der Waals surface area (Å²) < 4.78 is 0. The van der Waals surface area contributed by atoms with Gasteiger partial charge in [-0.1, -0.05) is 12.1 Å². The van der Waals surface area contributed by atoms with E-state index in [1.807, 2.05) is 0 Å². The molecule has 1 fully saturated rings. The number of aromatic carboxylic acids is 1.